The van der Waals surface area contributed by atoms with Crippen molar-refractivity contribution in [3.05, 3.63) is 70.6 Å². The van der Waals surface area contributed by atoms with Gasteiger partial charge in [-0.05, 0) is 37.5 Å². The van der Waals surface area contributed by atoms with Crippen molar-refractivity contribution in [2.75, 3.05) is 25.1 Å². The highest BCUT2D eigenvalue weighted by Gasteiger charge is 2.18. The Hall–Kier alpha value is -2.87. The number of aryl methyl sites for hydroxylation is 1. The van der Waals surface area contributed by atoms with Gasteiger partial charge in [-0.1, -0.05) is 41.4 Å². The summed E-state index contributed by atoms with van der Waals surface area (Å²) in [6.45, 7) is 3.82. The van der Waals surface area contributed by atoms with Crippen molar-refractivity contribution >= 4 is 23.3 Å². The maximum absolute atomic E-state index is 12.9. The molecule has 1 saturated heterocycles. The van der Waals surface area contributed by atoms with Crippen LogP contribution in [0.3, 0.4) is 0 Å². The van der Waals surface area contributed by atoms with Crippen molar-refractivity contribution in [2.45, 2.75) is 31.8 Å². The highest BCUT2D eigenvalue weighted by atomic mass is 35.5. The Bertz CT molecular complexity index is 1080. The second kappa shape index (κ2) is 10.2. The van der Waals surface area contributed by atoms with Crippen LogP contribution in [0.25, 0.3) is 11.1 Å². The molecule has 0 aliphatic carbocycles. The first kappa shape index (κ1) is 22.3. The summed E-state index contributed by atoms with van der Waals surface area (Å²) in [4.78, 5) is 20.3. The number of amides is 1. The van der Waals surface area contributed by atoms with E-state index in [9.17, 15) is 4.79 Å². The molecule has 4 rings (SSSR count). The predicted octanol–water partition coefficient (Wildman–Crippen LogP) is 4.06. The lowest BCUT2D eigenvalue weighted by Gasteiger charge is -2.23. The summed E-state index contributed by atoms with van der Waals surface area (Å²) in [5, 5.41) is 6.98. The first-order valence-electron chi connectivity index (χ1n) is 10.8. The molecule has 1 fully saturated rings. The van der Waals surface area contributed by atoms with E-state index in [2.05, 4.69) is 20.6 Å². The van der Waals surface area contributed by atoms with E-state index in [1.54, 1.807) is 18.5 Å². The number of ether oxygens (including phenoxy) is 1. The summed E-state index contributed by atoms with van der Waals surface area (Å²) in [5.74, 6) is 0.532. The summed E-state index contributed by atoms with van der Waals surface area (Å²) in [6.07, 6.45) is 5.29. The lowest BCUT2D eigenvalue weighted by atomic mass is 10.0. The van der Waals surface area contributed by atoms with E-state index in [-0.39, 0.29) is 11.9 Å². The van der Waals surface area contributed by atoms with Crippen molar-refractivity contribution in [2.24, 2.45) is 5.73 Å². The number of pyridine rings is 1. The third-order valence-electron chi connectivity index (χ3n) is 5.65. The van der Waals surface area contributed by atoms with Crippen LogP contribution >= 0.6 is 11.6 Å². The van der Waals surface area contributed by atoms with Gasteiger partial charge in [-0.25, -0.2) is 4.98 Å². The predicted molar refractivity (Wildman–Crippen MR) is 127 cm³/mol. The molecule has 168 valence electrons. The van der Waals surface area contributed by atoms with E-state index in [0.29, 0.717) is 23.3 Å². The molecule has 1 atom stereocenters. The summed E-state index contributed by atoms with van der Waals surface area (Å²) < 4.78 is 5.41. The first-order valence-corrected chi connectivity index (χ1v) is 11.2. The minimum atomic E-state index is -0.270. The molecule has 1 aliphatic heterocycles. The standard InChI is InChI=1S/C24H28ClN5O2/c1-15-3-2-4-16(9-15)22(12-26)30-24(31)21-10-17(13-27-21)19-11-23(28-14-20(19)25)29-18-5-7-32-8-6-18/h2-4,9-11,13-14,18,22,27H,5-8,12,26H2,1H3,(H,28,29)(H,30,31). The number of hydrogen-bond donors (Lipinski definition) is 4. The van der Waals surface area contributed by atoms with Crippen LogP contribution in [-0.4, -0.2) is 41.7 Å². The highest BCUT2D eigenvalue weighted by molar-refractivity contribution is 6.33. The van der Waals surface area contributed by atoms with Gasteiger partial charge in [0.15, 0.2) is 0 Å². The molecule has 1 unspecified atom stereocenters. The van der Waals surface area contributed by atoms with E-state index in [1.165, 1.54) is 0 Å². The number of hydrogen-bond acceptors (Lipinski definition) is 5. The molecule has 7 nitrogen and oxygen atoms in total. The van der Waals surface area contributed by atoms with Crippen LogP contribution in [-0.2, 0) is 4.74 Å². The Labute approximate surface area is 192 Å². The van der Waals surface area contributed by atoms with Crippen molar-refractivity contribution < 1.29 is 9.53 Å². The average Bonchev–Trinajstić information content (AvgIpc) is 3.29. The Kier molecular flexibility index (Phi) is 7.09. The minimum Gasteiger partial charge on any atom is -0.381 e. The van der Waals surface area contributed by atoms with Gasteiger partial charge in [0.1, 0.15) is 11.5 Å². The van der Waals surface area contributed by atoms with Crippen LogP contribution < -0.4 is 16.4 Å². The first-order chi connectivity index (χ1) is 15.5. The molecular weight excluding hydrogens is 426 g/mol. The van der Waals surface area contributed by atoms with Crippen molar-refractivity contribution in [1.82, 2.24) is 15.3 Å². The smallest absolute Gasteiger partial charge is 0.268 e. The number of nitrogens with one attached hydrogen (secondary N) is 3. The zero-order valence-electron chi connectivity index (χ0n) is 18.0. The fraction of sp³-hybridized carbons (Fsp3) is 0.333. The lowest BCUT2D eigenvalue weighted by molar-refractivity contribution is 0.0903. The molecule has 0 saturated carbocycles. The second-order valence-electron chi connectivity index (χ2n) is 8.06. The minimum absolute atomic E-state index is 0.223. The largest absolute Gasteiger partial charge is 0.381 e. The lowest BCUT2D eigenvalue weighted by Crippen LogP contribution is -2.33. The van der Waals surface area contributed by atoms with Gasteiger partial charge in [0.05, 0.1) is 11.1 Å². The summed E-state index contributed by atoms with van der Waals surface area (Å²) in [6, 6.07) is 11.7. The normalized spacial score (nSPS) is 15.3. The van der Waals surface area contributed by atoms with Crippen LogP contribution in [0.15, 0.2) is 48.8 Å². The Morgan fingerprint density at radius 2 is 2.12 bits per heavy atom. The number of nitrogens with two attached hydrogens (primary N) is 1. The van der Waals surface area contributed by atoms with Crippen molar-refractivity contribution in [3.63, 3.8) is 0 Å². The van der Waals surface area contributed by atoms with E-state index in [1.807, 2.05) is 37.3 Å². The maximum Gasteiger partial charge on any atom is 0.268 e. The molecule has 8 heteroatoms. The maximum atomic E-state index is 12.9. The number of rotatable bonds is 7. The molecule has 2 aromatic heterocycles. The number of carbonyl (C=O) groups excluding carboxylic acids is 1. The molecule has 3 aromatic rings. The molecule has 1 amide bonds. The number of carbonyl (C=O) groups is 1. The fourth-order valence-electron chi connectivity index (χ4n) is 3.87. The number of aromatic amines is 1. The topological polar surface area (TPSA) is 105 Å². The van der Waals surface area contributed by atoms with Crippen LogP contribution in [0.5, 0.6) is 0 Å². The van der Waals surface area contributed by atoms with Crippen LogP contribution in [0, 0.1) is 6.92 Å². The number of benzene rings is 1. The number of anilines is 1. The third kappa shape index (κ3) is 5.30. The average molecular weight is 454 g/mol. The molecule has 0 spiro atoms. The van der Waals surface area contributed by atoms with Gasteiger partial charge in [0.2, 0.25) is 0 Å². The number of nitrogens with zero attached hydrogens (tertiary/aromatic N) is 1. The summed E-state index contributed by atoms with van der Waals surface area (Å²) in [7, 11) is 0. The summed E-state index contributed by atoms with van der Waals surface area (Å²) in [5.41, 5.74) is 10.1. The van der Waals surface area contributed by atoms with Gasteiger partial charge in [0, 0.05) is 49.3 Å². The van der Waals surface area contributed by atoms with Crippen LogP contribution in [0.2, 0.25) is 5.02 Å². The second-order valence-corrected chi connectivity index (χ2v) is 8.47. The van der Waals surface area contributed by atoms with Crippen molar-refractivity contribution in [3.8, 4) is 11.1 Å². The number of H-pyrrole nitrogens is 1. The molecule has 3 heterocycles. The molecule has 32 heavy (non-hydrogen) atoms. The van der Waals surface area contributed by atoms with Gasteiger partial charge in [0.25, 0.3) is 5.91 Å². The quantitative estimate of drug-likeness (QED) is 0.431. The molecule has 5 N–H and O–H groups in total. The Morgan fingerprint density at radius 3 is 2.88 bits per heavy atom. The number of halogens is 1. The highest BCUT2D eigenvalue weighted by Crippen LogP contribution is 2.30. The molecule has 1 aliphatic rings. The monoisotopic (exact) mass is 453 g/mol. The van der Waals surface area contributed by atoms with Gasteiger partial charge < -0.3 is 26.1 Å². The van der Waals surface area contributed by atoms with Gasteiger partial charge >= 0.3 is 0 Å². The van der Waals surface area contributed by atoms with Gasteiger partial charge in [-0.2, -0.15) is 0 Å². The SMILES string of the molecule is Cc1cccc(C(CN)NC(=O)c2cc(-c3cc(NC4CCOCC4)ncc3Cl)c[nH]2)c1. The zero-order chi connectivity index (χ0) is 22.5. The van der Waals surface area contributed by atoms with Crippen LogP contribution in [0.1, 0.15) is 40.5 Å². The molecule has 1 aromatic carbocycles. The van der Waals surface area contributed by atoms with Gasteiger partial charge in [-0.3, -0.25) is 4.79 Å². The molecular formula is C24H28ClN5O2. The van der Waals surface area contributed by atoms with E-state index in [0.717, 1.165) is 54.1 Å². The number of aromatic nitrogens is 2. The summed E-state index contributed by atoms with van der Waals surface area (Å²) >= 11 is 6.42. The Morgan fingerprint density at radius 1 is 1.31 bits per heavy atom. The molecule has 0 radical (unpaired) electrons. The van der Waals surface area contributed by atoms with Crippen molar-refractivity contribution in [1.29, 1.82) is 0 Å². The van der Waals surface area contributed by atoms with Crippen LogP contribution in [0.4, 0.5) is 5.82 Å². The third-order valence-corrected chi connectivity index (χ3v) is 5.95. The molecule has 0 bridgehead atoms. The Balaban J connectivity index is 1.49. The van der Waals surface area contributed by atoms with E-state index in [4.69, 9.17) is 22.1 Å². The van der Waals surface area contributed by atoms with Gasteiger partial charge in [-0.15, -0.1) is 0 Å². The van der Waals surface area contributed by atoms with E-state index >= 15 is 0 Å². The van der Waals surface area contributed by atoms with E-state index < -0.39 is 0 Å². The zero-order valence-corrected chi connectivity index (χ0v) is 18.8. The fourth-order valence-corrected chi connectivity index (χ4v) is 4.08.